The lowest BCUT2D eigenvalue weighted by Crippen LogP contribution is -2.49. The Bertz CT molecular complexity index is 774. The number of hydrogen-bond donors (Lipinski definition) is 1. The molecule has 0 aliphatic rings. The van der Waals surface area contributed by atoms with Crippen LogP contribution in [0, 0.1) is 13.8 Å². The lowest BCUT2D eigenvalue weighted by Gasteiger charge is -2.28. The lowest BCUT2D eigenvalue weighted by atomic mass is 10.1. The first-order valence-electron chi connectivity index (χ1n) is 9.18. The van der Waals surface area contributed by atoms with Crippen LogP contribution in [0.5, 0.6) is 5.75 Å². The van der Waals surface area contributed by atoms with Crippen LogP contribution in [0.1, 0.15) is 23.6 Å². The van der Waals surface area contributed by atoms with Gasteiger partial charge in [0.2, 0.25) is 5.91 Å². The highest BCUT2D eigenvalue weighted by atomic mass is 16.5. The van der Waals surface area contributed by atoms with E-state index in [4.69, 9.17) is 4.74 Å². The Morgan fingerprint density at radius 1 is 1.07 bits per heavy atom. The molecule has 0 aliphatic heterocycles. The molecule has 0 aliphatic carbocycles. The average molecular weight is 368 g/mol. The average Bonchev–Trinajstić information content (AvgIpc) is 2.69. The number of amides is 2. The Morgan fingerprint density at radius 3 is 2.44 bits per heavy atom. The number of benzene rings is 2. The summed E-state index contributed by atoms with van der Waals surface area (Å²) >= 11 is 0. The van der Waals surface area contributed by atoms with Crippen molar-refractivity contribution in [3.8, 4) is 5.75 Å². The van der Waals surface area contributed by atoms with Gasteiger partial charge in [-0.25, -0.2) is 0 Å². The maximum atomic E-state index is 12.8. The summed E-state index contributed by atoms with van der Waals surface area (Å²) in [4.78, 5) is 26.5. The van der Waals surface area contributed by atoms with Crippen molar-refractivity contribution in [3.63, 3.8) is 0 Å². The normalized spacial score (nSPS) is 11.6. The summed E-state index contributed by atoms with van der Waals surface area (Å²) in [5.74, 6) is 0.296. The first-order chi connectivity index (χ1) is 12.9. The van der Waals surface area contributed by atoms with Crippen LogP contribution >= 0.6 is 0 Å². The Morgan fingerprint density at radius 2 is 1.78 bits per heavy atom. The molecule has 5 heteroatoms. The van der Waals surface area contributed by atoms with Crippen molar-refractivity contribution >= 4 is 11.8 Å². The Kier molecular flexibility index (Phi) is 7.41. The van der Waals surface area contributed by atoms with Gasteiger partial charge in [-0.15, -0.1) is 0 Å². The van der Waals surface area contributed by atoms with Crippen LogP contribution in [0.15, 0.2) is 48.5 Å². The van der Waals surface area contributed by atoms with Gasteiger partial charge in [0, 0.05) is 13.6 Å². The van der Waals surface area contributed by atoms with Gasteiger partial charge in [0.15, 0.2) is 6.61 Å². The highest BCUT2D eigenvalue weighted by Gasteiger charge is 2.25. The topological polar surface area (TPSA) is 58.6 Å². The number of ether oxygens (including phenoxy) is 1. The van der Waals surface area contributed by atoms with E-state index >= 15 is 0 Å². The number of likely N-dealkylation sites (N-methyl/N-ethyl adjacent to an activating group) is 1. The molecule has 0 radical (unpaired) electrons. The van der Waals surface area contributed by atoms with Crippen LogP contribution in [-0.2, 0) is 16.0 Å². The predicted octanol–water partition coefficient (Wildman–Crippen LogP) is 2.89. The lowest BCUT2D eigenvalue weighted by molar-refractivity contribution is -0.141. The van der Waals surface area contributed by atoms with Crippen molar-refractivity contribution in [2.45, 2.75) is 33.2 Å². The maximum absolute atomic E-state index is 12.8. The molecule has 0 aromatic heterocycles. The van der Waals surface area contributed by atoms with Crippen LogP contribution in [0.3, 0.4) is 0 Å². The maximum Gasteiger partial charge on any atom is 0.261 e. The minimum atomic E-state index is -0.562. The van der Waals surface area contributed by atoms with E-state index in [0.717, 1.165) is 16.7 Å². The Balaban J connectivity index is 2.07. The highest BCUT2D eigenvalue weighted by Crippen LogP contribution is 2.20. The molecule has 0 unspecified atom stereocenters. The van der Waals surface area contributed by atoms with E-state index in [-0.39, 0.29) is 18.4 Å². The van der Waals surface area contributed by atoms with Crippen molar-refractivity contribution in [2.75, 3.05) is 20.2 Å². The van der Waals surface area contributed by atoms with Crippen LogP contribution < -0.4 is 10.1 Å². The van der Waals surface area contributed by atoms with Crippen LogP contribution in [0.4, 0.5) is 0 Å². The molecular formula is C22H28N2O3. The molecule has 144 valence electrons. The minimum Gasteiger partial charge on any atom is -0.483 e. The second-order valence-corrected chi connectivity index (χ2v) is 6.60. The number of carbonyl (C=O) groups excluding carboxylic acids is 2. The van der Waals surface area contributed by atoms with Crippen LogP contribution in [0.2, 0.25) is 0 Å². The summed E-state index contributed by atoms with van der Waals surface area (Å²) in [6.45, 7) is 6.06. The molecule has 0 saturated carbocycles. The van der Waals surface area contributed by atoms with Crippen molar-refractivity contribution in [2.24, 2.45) is 0 Å². The molecule has 27 heavy (non-hydrogen) atoms. The fourth-order valence-electron chi connectivity index (χ4n) is 2.88. The Hall–Kier alpha value is -2.82. The van der Waals surface area contributed by atoms with E-state index in [1.54, 1.807) is 18.9 Å². The second kappa shape index (κ2) is 9.76. The Labute approximate surface area is 161 Å². The van der Waals surface area contributed by atoms with Crippen LogP contribution in [-0.4, -0.2) is 43.0 Å². The van der Waals surface area contributed by atoms with Gasteiger partial charge in [0.25, 0.3) is 5.91 Å². The second-order valence-electron chi connectivity index (χ2n) is 6.60. The zero-order chi connectivity index (χ0) is 19.8. The number of aryl methyl sites for hydroxylation is 1. The van der Waals surface area contributed by atoms with Crippen molar-refractivity contribution in [3.05, 3.63) is 65.2 Å². The van der Waals surface area contributed by atoms with E-state index < -0.39 is 6.04 Å². The van der Waals surface area contributed by atoms with E-state index in [9.17, 15) is 9.59 Å². The summed E-state index contributed by atoms with van der Waals surface area (Å²) in [5.41, 5.74) is 3.25. The van der Waals surface area contributed by atoms with Crippen molar-refractivity contribution in [1.82, 2.24) is 10.2 Å². The summed E-state index contributed by atoms with van der Waals surface area (Å²) in [5, 5.41) is 2.62. The molecule has 2 aromatic carbocycles. The summed E-state index contributed by atoms with van der Waals surface area (Å²) < 4.78 is 5.75. The third-order valence-corrected chi connectivity index (χ3v) is 4.80. The largest absolute Gasteiger partial charge is 0.483 e. The third-order valence-electron chi connectivity index (χ3n) is 4.80. The molecule has 2 amide bonds. The van der Waals surface area contributed by atoms with E-state index in [2.05, 4.69) is 5.32 Å². The fourth-order valence-corrected chi connectivity index (χ4v) is 2.88. The molecular weight excluding hydrogens is 340 g/mol. The number of carbonyl (C=O) groups is 2. The van der Waals surface area contributed by atoms with Gasteiger partial charge in [-0.3, -0.25) is 9.59 Å². The first-order valence-corrected chi connectivity index (χ1v) is 9.18. The third kappa shape index (κ3) is 5.58. The smallest absolute Gasteiger partial charge is 0.261 e. The minimum absolute atomic E-state index is 0.0968. The molecule has 0 spiro atoms. The first kappa shape index (κ1) is 20.5. The predicted molar refractivity (Wildman–Crippen MR) is 107 cm³/mol. The zero-order valence-electron chi connectivity index (χ0n) is 16.5. The van der Waals surface area contributed by atoms with Gasteiger partial charge in [-0.05, 0) is 49.9 Å². The molecule has 0 heterocycles. The van der Waals surface area contributed by atoms with Gasteiger partial charge in [0.05, 0.1) is 0 Å². The number of hydrogen-bond acceptors (Lipinski definition) is 3. The summed E-state index contributed by atoms with van der Waals surface area (Å²) in [7, 11) is 1.57. The summed E-state index contributed by atoms with van der Waals surface area (Å²) in [6.07, 6.45) is 0.678. The van der Waals surface area contributed by atoms with Crippen molar-refractivity contribution in [1.29, 1.82) is 0 Å². The molecule has 0 bridgehead atoms. The zero-order valence-corrected chi connectivity index (χ0v) is 16.5. The van der Waals surface area contributed by atoms with E-state index in [1.165, 1.54) is 0 Å². The summed E-state index contributed by atoms with van der Waals surface area (Å²) in [6, 6.07) is 15.1. The number of nitrogens with one attached hydrogen (secondary N) is 1. The number of nitrogens with zero attached hydrogens (tertiary/aromatic N) is 1. The molecule has 5 nitrogen and oxygen atoms in total. The van der Waals surface area contributed by atoms with Gasteiger partial charge in [-0.2, -0.15) is 0 Å². The van der Waals surface area contributed by atoms with Gasteiger partial charge >= 0.3 is 0 Å². The molecule has 0 saturated heterocycles. The van der Waals surface area contributed by atoms with Gasteiger partial charge < -0.3 is 15.0 Å². The monoisotopic (exact) mass is 368 g/mol. The standard InChI is InChI=1S/C22H28N2O3/c1-16-9-8-12-20(17(16)2)27-15-21(25)24(18(3)22(26)23-4)14-13-19-10-6-5-7-11-19/h5-12,18H,13-15H2,1-4H3,(H,23,26)/t18-/m1/s1. The van der Waals surface area contributed by atoms with E-state index in [1.807, 2.05) is 62.4 Å². The molecule has 2 aromatic rings. The van der Waals surface area contributed by atoms with Gasteiger partial charge in [0.1, 0.15) is 11.8 Å². The van der Waals surface area contributed by atoms with Crippen LogP contribution in [0.25, 0.3) is 0 Å². The fraction of sp³-hybridized carbons (Fsp3) is 0.364. The quantitative estimate of drug-likeness (QED) is 0.779. The molecule has 1 N–H and O–H groups in total. The highest BCUT2D eigenvalue weighted by molar-refractivity contribution is 5.87. The number of rotatable bonds is 8. The molecule has 2 rings (SSSR count). The SMILES string of the molecule is CNC(=O)[C@@H](C)N(CCc1ccccc1)C(=O)COc1cccc(C)c1C. The molecule has 1 atom stereocenters. The molecule has 0 fully saturated rings. The van der Waals surface area contributed by atoms with Crippen molar-refractivity contribution < 1.29 is 14.3 Å². The van der Waals surface area contributed by atoms with E-state index in [0.29, 0.717) is 18.7 Å². The van der Waals surface area contributed by atoms with Gasteiger partial charge in [-0.1, -0.05) is 42.5 Å².